The van der Waals surface area contributed by atoms with Gasteiger partial charge in [-0.3, -0.25) is 0 Å². The Morgan fingerprint density at radius 2 is 2.17 bits per heavy atom. The van der Waals surface area contributed by atoms with Gasteiger partial charge in [0.05, 0.1) is 5.41 Å². The molecule has 12 heavy (non-hydrogen) atoms. The Hall–Kier alpha value is -0.740. The second-order valence-electron chi connectivity index (χ2n) is 3.24. The minimum atomic E-state index is 0.0732. The van der Waals surface area contributed by atoms with Gasteiger partial charge in [0.15, 0.2) is 0 Å². The van der Waals surface area contributed by atoms with Crippen molar-refractivity contribution in [2.24, 2.45) is 0 Å². The van der Waals surface area contributed by atoms with Crippen LogP contribution in [0, 0.1) is 12.3 Å². The number of rotatable bonds is 1. The largest absolute Gasteiger partial charge is 0.119 e. The molecule has 0 aromatic heterocycles. The fourth-order valence-corrected chi connectivity index (χ4v) is 1.83. The summed E-state index contributed by atoms with van der Waals surface area (Å²) in [6.07, 6.45) is 7.76. The fourth-order valence-electron chi connectivity index (χ4n) is 1.43. The van der Waals surface area contributed by atoms with Crippen molar-refractivity contribution in [2.45, 2.75) is 18.3 Å². The lowest BCUT2D eigenvalue weighted by Crippen LogP contribution is -2.01. The number of terminal acetylenes is 1. The van der Waals surface area contributed by atoms with Gasteiger partial charge in [-0.05, 0) is 30.5 Å². The second kappa shape index (κ2) is 2.64. The molecule has 60 valence electrons. The van der Waals surface area contributed by atoms with Crippen LogP contribution in [-0.4, -0.2) is 0 Å². The summed E-state index contributed by atoms with van der Waals surface area (Å²) in [6, 6.07) is 8.29. The van der Waals surface area contributed by atoms with Crippen LogP contribution in [0.15, 0.2) is 28.7 Å². The van der Waals surface area contributed by atoms with E-state index in [1.807, 2.05) is 12.1 Å². The first-order valence-corrected chi connectivity index (χ1v) is 4.80. The van der Waals surface area contributed by atoms with E-state index in [1.165, 1.54) is 5.56 Å². The van der Waals surface area contributed by atoms with Crippen molar-refractivity contribution in [1.82, 2.24) is 0 Å². The van der Waals surface area contributed by atoms with Crippen molar-refractivity contribution in [2.75, 3.05) is 0 Å². The highest BCUT2D eigenvalue weighted by molar-refractivity contribution is 9.10. The van der Waals surface area contributed by atoms with E-state index in [2.05, 4.69) is 34.0 Å². The highest BCUT2D eigenvalue weighted by Crippen LogP contribution is 2.47. The SMILES string of the molecule is C#CC1(c2cccc(Br)c2)CC1. The van der Waals surface area contributed by atoms with Crippen molar-refractivity contribution in [3.05, 3.63) is 34.3 Å². The molecule has 2 rings (SSSR count). The van der Waals surface area contributed by atoms with Gasteiger partial charge < -0.3 is 0 Å². The van der Waals surface area contributed by atoms with Crippen LogP contribution in [0.25, 0.3) is 0 Å². The van der Waals surface area contributed by atoms with E-state index in [0.29, 0.717) is 0 Å². The first-order valence-electron chi connectivity index (χ1n) is 4.01. The molecule has 0 N–H and O–H groups in total. The van der Waals surface area contributed by atoms with E-state index >= 15 is 0 Å². The van der Waals surface area contributed by atoms with Crippen molar-refractivity contribution in [3.8, 4) is 12.3 Å². The van der Waals surface area contributed by atoms with E-state index in [9.17, 15) is 0 Å². The summed E-state index contributed by atoms with van der Waals surface area (Å²) < 4.78 is 1.11. The van der Waals surface area contributed by atoms with Gasteiger partial charge in [-0.25, -0.2) is 0 Å². The predicted molar refractivity (Wildman–Crippen MR) is 53.9 cm³/mol. The Kier molecular flexibility index (Phi) is 1.73. The zero-order chi connectivity index (χ0) is 8.60. The van der Waals surface area contributed by atoms with E-state index in [0.717, 1.165) is 17.3 Å². The molecular weight excluding hydrogens is 212 g/mol. The smallest absolute Gasteiger partial charge is 0.0561 e. The van der Waals surface area contributed by atoms with Gasteiger partial charge >= 0.3 is 0 Å². The Morgan fingerprint density at radius 3 is 2.67 bits per heavy atom. The average Bonchev–Trinajstić information content (AvgIpc) is 2.84. The van der Waals surface area contributed by atoms with Crippen LogP contribution < -0.4 is 0 Å². The third-order valence-corrected chi connectivity index (χ3v) is 2.90. The number of halogens is 1. The summed E-state index contributed by atoms with van der Waals surface area (Å²) in [5, 5.41) is 0. The monoisotopic (exact) mass is 220 g/mol. The fraction of sp³-hybridized carbons (Fsp3) is 0.273. The van der Waals surface area contributed by atoms with Crippen LogP contribution in [0.1, 0.15) is 18.4 Å². The first-order chi connectivity index (χ1) is 5.77. The van der Waals surface area contributed by atoms with Gasteiger partial charge in [0.1, 0.15) is 0 Å². The highest BCUT2D eigenvalue weighted by Gasteiger charge is 2.42. The van der Waals surface area contributed by atoms with Crippen molar-refractivity contribution in [1.29, 1.82) is 0 Å². The van der Waals surface area contributed by atoms with Gasteiger partial charge in [-0.2, -0.15) is 0 Å². The molecule has 0 aliphatic heterocycles. The summed E-state index contributed by atoms with van der Waals surface area (Å²) in [7, 11) is 0. The Balaban J connectivity index is 2.42. The maximum atomic E-state index is 5.49. The molecule has 0 radical (unpaired) electrons. The molecule has 0 bridgehead atoms. The Morgan fingerprint density at radius 1 is 1.42 bits per heavy atom. The van der Waals surface area contributed by atoms with Gasteiger partial charge in [-0.1, -0.05) is 34.0 Å². The molecule has 0 amide bonds. The third-order valence-electron chi connectivity index (χ3n) is 2.40. The third kappa shape index (κ3) is 1.17. The van der Waals surface area contributed by atoms with Crippen molar-refractivity contribution < 1.29 is 0 Å². The van der Waals surface area contributed by atoms with Crippen LogP contribution in [0.4, 0.5) is 0 Å². The van der Waals surface area contributed by atoms with Crippen molar-refractivity contribution >= 4 is 15.9 Å². The highest BCUT2D eigenvalue weighted by atomic mass is 79.9. The predicted octanol–water partition coefficient (Wildman–Crippen LogP) is 3.11. The zero-order valence-corrected chi connectivity index (χ0v) is 8.26. The Labute approximate surface area is 81.1 Å². The van der Waals surface area contributed by atoms with Gasteiger partial charge in [0.25, 0.3) is 0 Å². The molecule has 0 nitrogen and oxygen atoms in total. The summed E-state index contributed by atoms with van der Waals surface area (Å²) in [5.41, 5.74) is 1.35. The van der Waals surface area contributed by atoms with Crippen LogP contribution in [0.3, 0.4) is 0 Å². The lowest BCUT2D eigenvalue weighted by atomic mass is 9.97. The van der Waals surface area contributed by atoms with Crippen LogP contribution in [0.5, 0.6) is 0 Å². The quantitative estimate of drug-likeness (QED) is 0.639. The van der Waals surface area contributed by atoms with E-state index in [4.69, 9.17) is 6.42 Å². The molecule has 1 aliphatic rings. The molecule has 0 spiro atoms. The second-order valence-corrected chi connectivity index (χ2v) is 4.15. The molecule has 1 fully saturated rings. The normalized spacial score (nSPS) is 18.3. The van der Waals surface area contributed by atoms with Crippen LogP contribution in [-0.2, 0) is 5.41 Å². The number of benzene rings is 1. The maximum Gasteiger partial charge on any atom is 0.0561 e. The van der Waals surface area contributed by atoms with Gasteiger partial charge in [0.2, 0.25) is 0 Å². The van der Waals surface area contributed by atoms with E-state index in [1.54, 1.807) is 0 Å². The minimum Gasteiger partial charge on any atom is -0.119 e. The maximum absolute atomic E-state index is 5.49. The first kappa shape index (κ1) is 7.89. The molecule has 1 heteroatoms. The molecule has 0 unspecified atom stereocenters. The molecule has 1 aliphatic carbocycles. The summed E-state index contributed by atoms with van der Waals surface area (Å²) in [5.74, 6) is 2.88. The summed E-state index contributed by atoms with van der Waals surface area (Å²) in [6.45, 7) is 0. The number of hydrogen-bond acceptors (Lipinski definition) is 0. The summed E-state index contributed by atoms with van der Waals surface area (Å²) in [4.78, 5) is 0. The van der Waals surface area contributed by atoms with Crippen LogP contribution in [0.2, 0.25) is 0 Å². The number of hydrogen-bond donors (Lipinski definition) is 0. The van der Waals surface area contributed by atoms with Crippen molar-refractivity contribution in [3.63, 3.8) is 0 Å². The standard InChI is InChI=1S/C11H9Br/c1-2-11(6-7-11)9-4-3-5-10(12)8-9/h1,3-5,8H,6-7H2. The topological polar surface area (TPSA) is 0 Å². The summed E-state index contributed by atoms with van der Waals surface area (Å²) >= 11 is 3.44. The lowest BCUT2D eigenvalue weighted by Gasteiger charge is -2.07. The van der Waals surface area contributed by atoms with E-state index < -0.39 is 0 Å². The van der Waals surface area contributed by atoms with Gasteiger partial charge in [0, 0.05) is 4.47 Å². The van der Waals surface area contributed by atoms with Crippen LogP contribution >= 0.6 is 15.9 Å². The van der Waals surface area contributed by atoms with Gasteiger partial charge in [-0.15, -0.1) is 6.42 Å². The zero-order valence-electron chi connectivity index (χ0n) is 6.68. The molecular formula is C11H9Br. The van der Waals surface area contributed by atoms with E-state index in [-0.39, 0.29) is 5.41 Å². The molecule has 1 saturated carbocycles. The minimum absolute atomic E-state index is 0.0732. The molecule has 1 aromatic rings. The lowest BCUT2D eigenvalue weighted by molar-refractivity contribution is 0.929. The molecule has 0 atom stereocenters. The molecule has 1 aromatic carbocycles. The average molecular weight is 221 g/mol. The molecule has 0 saturated heterocycles. The Bertz CT molecular complexity index is 342. The molecule has 0 heterocycles.